The van der Waals surface area contributed by atoms with Crippen molar-refractivity contribution in [3.63, 3.8) is 0 Å². The maximum Gasteiger partial charge on any atom is 0.202 e. The minimum absolute atomic E-state index is 0.732. The van der Waals surface area contributed by atoms with Crippen LogP contribution >= 0.6 is 22.9 Å². The van der Waals surface area contributed by atoms with E-state index in [-0.39, 0.29) is 0 Å². The van der Waals surface area contributed by atoms with Crippen LogP contribution in [0.5, 0.6) is 0 Å². The molecule has 0 bridgehead atoms. The van der Waals surface area contributed by atoms with Crippen LogP contribution in [0, 0.1) is 6.92 Å². The quantitative estimate of drug-likeness (QED) is 0.649. The minimum atomic E-state index is 0.732. The SMILES string of the molecule is Cc1sc(NNc2ccccc2)nc1-c1ccc(Cl)cc1. The van der Waals surface area contributed by atoms with Crippen molar-refractivity contribution in [2.75, 3.05) is 10.9 Å². The molecule has 0 radical (unpaired) electrons. The van der Waals surface area contributed by atoms with E-state index >= 15 is 0 Å². The fourth-order valence-electron chi connectivity index (χ4n) is 1.97. The maximum absolute atomic E-state index is 5.92. The van der Waals surface area contributed by atoms with E-state index in [4.69, 9.17) is 11.6 Å². The van der Waals surface area contributed by atoms with Crippen LogP contribution < -0.4 is 10.9 Å². The zero-order chi connectivity index (χ0) is 14.7. The molecule has 2 aromatic carbocycles. The Bertz CT molecular complexity index is 723. The van der Waals surface area contributed by atoms with Crippen LogP contribution in [0.25, 0.3) is 11.3 Å². The molecule has 0 fully saturated rings. The number of nitrogens with zero attached hydrogens (tertiary/aromatic N) is 1. The summed E-state index contributed by atoms with van der Waals surface area (Å²) in [6.07, 6.45) is 0. The van der Waals surface area contributed by atoms with E-state index in [1.54, 1.807) is 11.3 Å². The van der Waals surface area contributed by atoms with Crippen LogP contribution in [0.15, 0.2) is 54.6 Å². The first-order valence-electron chi connectivity index (χ1n) is 6.53. The molecule has 0 saturated heterocycles. The Morgan fingerprint density at radius 3 is 2.38 bits per heavy atom. The van der Waals surface area contributed by atoms with Gasteiger partial charge in [-0.3, -0.25) is 10.9 Å². The lowest BCUT2D eigenvalue weighted by Crippen LogP contribution is -2.07. The predicted molar refractivity (Wildman–Crippen MR) is 91.0 cm³/mol. The number of hydrazine groups is 1. The molecule has 5 heteroatoms. The highest BCUT2D eigenvalue weighted by Gasteiger charge is 2.09. The van der Waals surface area contributed by atoms with Crippen molar-refractivity contribution in [2.24, 2.45) is 0 Å². The molecule has 0 aliphatic heterocycles. The minimum Gasteiger partial charge on any atom is -0.299 e. The lowest BCUT2D eigenvalue weighted by Gasteiger charge is -2.05. The summed E-state index contributed by atoms with van der Waals surface area (Å²) < 4.78 is 0. The largest absolute Gasteiger partial charge is 0.299 e. The van der Waals surface area contributed by atoms with Gasteiger partial charge in [-0.2, -0.15) is 0 Å². The zero-order valence-corrected chi connectivity index (χ0v) is 13.0. The second-order valence-corrected chi connectivity index (χ2v) is 6.19. The molecule has 1 aromatic heterocycles. The molecular weight excluding hydrogens is 302 g/mol. The number of benzene rings is 2. The lowest BCUT2D eigenvalue weighted by atomic mass is 10.1. The monoisotopic (exact) mass is 315 g/mol. The van der Waals surface area contributed by atoms with Gasteiger partial charge in [0.1, 0.15) is 0 Å². The average Bonchev–Trinajstić information content (AvgIpc) is 2.88. The molecule has 0 aliphatic rings. The van der Waals surface area contributed by atoms with Gasteiger partial charge in [-0.1, -0.05) is 41.9 Å². The Morgan fingerprint density at radius 2 is 1.67 bits per heavy atom. The number of nitrogens with one attached hydrogen (secondary N) is 2. The Hall–Kier alpha value is -2.04. The molecule has 0 spiro atoms. The highest BCUT2D eigenvalue weighted by Crippen LogP contribution is 2.30. The summed E-state index contributed by atoms with van der Waals surface area (Å²) in [5.74, 6) is 0. The van der Waals surface area contributed by atoms with Crippen LogP contribution in [-0.2, 0) is 0 Å². The van der Waals surface area contributed by atoms with Crippen LogP contribution in [0.1, 0.15) is 4.88 Å². The van der Waals surface area contributed by atoms with Crippen molar-refractivity contribution < 1.29 is 0 Å². The van der Waals surface area contributed by atoms with E-state index in [9.17, 15) is 0 Å². The van der Waals surface area contributed by atoms with Crippen molar-refractivity contribution >= 4 is 33.8 Å². The number of thiazole rings is 1. The van der Waals surface area contributed by atoms with Gasteiger partial charge in [0.25, 0.3) is 0 Å². The number of hydrogen-bond donors (Lipinski definition) is 2. The third kappa shape index (κ3) is 3.35. The number of aryl methyl sites for hydroxylation is 1. The van der Waals surface area contributed by atoms with Crippen molar-refractivity contribution in [2.45, 2.75) is 6.92 Å². The lowest BCUT2D eigenvalue weighted by molar-refractivity contribution is 1.32. The van der Waals surface area contributed by atoms with E-state index < -0.39 is 0 Å². The summed E-state index contributed by atoms with van der Waals surface area (Å²) in [5.41, 5.74) is 9.32. The number of halogens is 1. The molecule has 0 aliphatic carbocycles. The van der Waals surface area contributed by atoms with Crippen molar-refractivity contribution in [1.82, 2.24) is 4.98 Å². The summed E-state index contributed by atoms with van der Waals surface area (Å²) in [4.78, 5) is 5.79. The van der Waals surface area contributed by atoms with Crippen LogP contribution in [-0.4, -0.2) is 4.98 Å². The smallest absolute Gasteiger partial charge is 0.202 e. The number of aromatic nitrogens is 1. The van der Waals surface area contributed by atoms with Gasteiger partial charge in [-0.15, -0.1) is 11.3 Å². The van der Waals surface area contributed by atoms with Crippen LogP contribution in [0.3, 0.4) is 0 Å². The molecular formula is C16H14ClN3S. The van der Waals surface area contributed by atoms with Gasteiger partial charge < -0.3 is 0 Å². The normalized spacial score (nSPS) is 10.4. The molecule has 2 N–H and O–H groups in total. The van der Waals surface area contributed by atoms with E-state index in [1.807, 2.05) is 54.6 Å². The zero-order valence-electron chi connectivity index (χ0n) is 11.4. The molecule has 0 atom stereocenters. The summed E-state index contributed by atoms with van der Waals surface area (Å²) in [5, 5.41) is 1.57. The Balaban J connectivity index is 1.76. The number of hydrogen-bond acceptors (Lipinski definition) is 4. The van der Waals surface area contributed by atoms with Gasteiger partial charge in [0, 0.05) is 15.5 Å². The van der Waals surface area contributed by atoms with E-state index in [0.29, 0.717) is 0 Å². The number of rotatable bonds is 4. The van der Waals surface area contributed by atoms with E-state index in [1.165, 1.54) is 0 Å². The molecule has 0 unspecified atom stereocenters. The fourth-order valence-corrected chi connectivity index (χ4v) is 2.89. The fraction of sp³-hybridized carbons (Fsp3) is 0.0625. The van der Waals surface area contributed by atoms with Crippen molar-refractivity contribution in [3.05, 3.63) is 64.5 Å². The summed E-state index contributed by atoms with van der Waals surface area (Å²) in [6.45, 7) is 2.06. The van der Waals surface area contributed by atoms with Gasteiger partial charge in [0.15, 0.2) is 0 Å². The van der Waals surface area contributed by atoms with Crippen LogP contribution in [0.4, 0.5) is 10.8 Å². The number of anilines is 2. The van der Waals surface area contributed by atoms with Crippen molar-refractivity contribution in [3.8, 4) is 11.3 Å². The third-order valence-electron chi connectivity index (χ3n) is 3.00. The second kappa shape index (κ2) is 6.16. The van der Waals surface area contributed by atoms with Gasteiger partial charge in [-0.05, 0) is 31.2 Å². The molecule has 3 rings (SSSR count). The first-order chi connectivity index (χ1) is 10.2. The standard InChI is InChI=1S/C16H14ClN3S/c1-11-15(12-7-9-13(17)10-8-12)18-16(21-11)20-19-14-5-3-2-4-6-14/h2-10,19H,1H3,(H,18,20). The van der Waals surface area contributed by atoms with Gasteiger partial charge in [0.2, 0.25) is 5.13 Å². The highest BCUT2D eigenvalue weighted by molar-refractivity contribution is 7.16. The molecule has 0 amide bonds. The second-order valence-electron chi connectivity index (χ2n) is 4.55. The topological polar surface area (TPSA) is 37.0 Å². The molecule has 0 saturated carbocycles. The Kier molecular flexibility index (Phi) is 4.08. The predicted octanol–water partition coefficient (Wildman–Crippen LogP) is 5.21. The molecule has 3 nitrogen and oxygen atoms in total. The summed E-state index contributed by atoms with van der Waals surface area (Å²) in [7, 11) is 0. The first-order valence-corrected chi connectivity index (χ1v) is 7.72. The first kappa shape index (κ1) is 13.9. The van der Waals surface area contributed by atoms with Crippen molar-refractivity contribution in [1.29, 1.82) is 0 Å². The van der Waals surface area contributed by atoms with Gasteiger partial charge >= 0.3 is 0 Å². The molecule has 106 valence electrons. The Labute approximate surface area is 132 Å². The molecule has 21 heavy (non-hydrogen) atoms. The van der Waals surface area contributed by atoms with Crippen LogP contribution in [0.2, 0.25) is 5.02 Å². The highest BCUT2D eigenvalue weighted by atomic mass is 35.5. The van der Waals surface area contributed by atoms with E-state index in [0.717, 1.165) is 32.0 Å². The Morgan fingerprint density at radius 1 is 0.952 bits per heavy atom. The summed E-state index contributed by atoms with van der Waals surface area (Å²) >= 11 is 7.54. The summed E-state index contributed by atoms with van der Waals surface area (Å²) in [6, 6.07) is 17.7. The molecule has 3 aromatic rings. The maximum atomic E-state index is 5.92. The average molecular weight is 316 g/mol. The molecule has 1 heterocycles. The third-order valence-corrected chi connectivity index (χ3v) is 4.14. The van der Waals surface area contributed by atoms with Gasteiger partial charge in [-0.25, -0.2) is 4.98 Å². The number of para-hydroxylation sites is 1. The van der Waals surface area contributed by atoms with Gasteiger partial charge in [0.05, 0.1) is 11.4 Å². The van der Waals surface area contributed by atoms with E-state index in [2.05, 4.69) is 22.8 Å².